The van der Waals surface area contributed by atoms with Crippen molar-refractivity contribution in [3.63, 3.8) is 0 Å². The average molecular weight is 412 g/mol. The Balaban J connectivity index is 1.77. The van der Waals surface area contributed by atoms with E-state index in [1.807, 2.05) is 60.7 Å². The monoisotopic (exact) mass is 412 g/mol. The maximum absolute atomic E-state index is 13.8. The Bertz CT molecular complexity index is 1000. The molecule has 3 aromatic carbocycles. The molecule has 0 spiro atoms. The summed E-state index contributed by atoms with van der Waals surface area (Å²) in [5.74, 6) is -6.24. The standard InChI is InChI=1S/C23H19F3N2O2/c1-28(14-19(29)27-18-13-12-17(24)21(25)22(18)26)23(30)20(15-8-4-2-5-9-15)16-10-6-3-7-11-16/h2-13,20H,14H2,1H3,(H,27,29). The molecule has 0 atom stereocenters. The van der Waals surface area contributed by atoms with E-state index in [0.29, 0.717) is 6.07 Å². The molecular weight excluding hydrogens is 393 g/mol. The van der Waals surface area contributed by atoms with Crippen LogP contribution in [0.25, 0.3) is 0 Å². The fourth-order valence-electron chi connectivity index (χ4n) is 3.09. The highest BCUT2D eigenvalue weighted by molar-refractivity contribution is 5.96. The Morgan fingerprint density at radius 3 is 1.90 bits per heavy atom. The molecule has 4 nitrogen and oxygen atoms in total. The molecular formula is C23H19F3N2O2. The summed E-state index contributed by atoms with van der Waals surface area (Å²) in [6, 6.07) is 19.9. The highest BCUT2D eigenvalue weighted by Gasteiger charge is 2.27. The predicted molar refractivity (Wildman–Crippen MR) is 107 cm³/mol. The van der Waals surface area contributed by atoms with Gasteiger partial charge in [0.15, 0.2) is 17.5 Å². The van der Waals surface area contributed by atoms with E-state index in [1.54, 1.807) is 0 Å². The topological polar surface area (TPSA) is 49.4 Å². The number of halogens is 3. The highest BCUT2D eigenvalue weighted by atomic mass is 19.2. The molecule has 7 heteroatoms. The van der Waals surface area contributed by atoms with Crippen LogP contribution in [0, 0.1) is 17.5 Å². The van der Waals surface area contributed by atoms with Crippen molar-refractivity contribution in [1.29, 1.82) is 0 Å². The zero-order valence-corrected chi connectivity index (χ0v) is 16.1. The molecule has 30 heavy (non-hydrogen) atoms. The number of hydrogen-bond donors (Lipinski definition) is 1. The Morgan fingerprint density at radius 1 is 0.833 bits per heavy atom. The average Bonchev–Trinajstić information content (AvgIpc) is 2.76. The molecule has 2 amide bonds. The van der Waals surface area contributed by atoms with Crippen molar-refractivity contribution in [2.75, 3.05) is 18.9 Å². The van der Waals surface area contributed by atoms with Crippen LogP contribution in [0.15, 0.2) is 72.8 Å². The van der Waals surface area contributed by atoms with Gasteiger partial charge in [-0.05, 0) is 23.3 Å². The van der Waals surface area contributed by atoms with Crippen LogP contribution in [0.1, 0.15) is 17.0 Å². The maximum atomic E-state index is 13.8. The minimum absolute atomic E-state index is 0.340. The van der Waals surface area contributed by atoms with Gasteiger partial charge < -0.3 is 10.2 Å². The first-order valence-electron chi connectivity index (χ1n) is 9.16. The minimum atomic E-state index is -1.68. The summed E-state index contributed by atoms with van der Waals surface area (Å²) in [4.78, 5) is 26.6. The van der Waals surface area contributed by atoms with Crippen molar-refractivity contribution in [1.82, 2.24) is 4.90 Å². The third-order valence-electron chi connectivity index (χ3n) is 4.58. The van der Waals surface area contributed by atoms with E-state index >= 15 is 0 Å². The molecule has 0 aliphatic carbocycles. The van der Waals surface area contributed by atoms with E-state index in [0.717, 1.165) is 17.2 Å². The number of hydrogen-bond acceptors (Lipinski definition) is 2. The van der Waals surface area contributed by atoms with Gasteiger partial charge in [0.05, 0.1) is 18.2 Å². The Morgan fingerprint density at radius 2 is 1.37 bits per heavy atom. The van der Waals surface area contributed by atoms with Gasteiger partial charge in [0.25, 0.3) is 0 Å². The molecule has 3 aromatic rings. The first-order chi connectivity index (χ1) is 14.4. The number of nitrogens with zero attached hydrogens (tertiary/aromatic N) is 1. The first kappa shape index (κ1) is 21.1. The number of anilines is 1. The molecule has 3 rings (SSSR count). The third-order valence-corrected chi connectivity index (χ3v) is 4.58. The van der Waals surface area contributed by atoms with E-state index in [4.69, 9.17) is 0 Å². The lowest BCUT2D eigenvalue weighted by molar-refractivity contribution is -0.133. The molecule has 0 aliphatic heterocycles. The lowest BCUT2D eigenvalue weighted by atomic mass is 9.90. The number of likely N-dealkylation sites (N-methyl/N-ethyl adjacent to an activating group) is 1. The molecule has 0 radical (unpaired) electrons. The fraction of sp³-hybridized carbons (Fsp3) is 0.130. The number of nitrogens with one attached hydrogen (secondary N) is 1. The van der Waals surface area contributed by atoms with Crippen LogP contribution in [-0.4, -0.2) is 30.3 Å². The van der Waals surface area contributed by atoms with E-state index in [9.17, 15) is 22.8 Å². The zero-order valence-electron chi connectivity index (χ0n) is 16.1. The zero-order chi connectivity index (χ0) is 21.7. The van der Waals surface area contributed by atoms with Crippen LogP contribution in [0.2, 0.25) is 0 Å². The van der Waals surface area contributed by atoms with Crippen molar-refractivity contribution in [2.45, 2.75) is 5.92 Å². The third kappa shape index (κ3) is 4.68. The van der Waals surface area contributed by atoms with Crippen LogP contribution in [0.5, 0.6) is 0 Å². The first-order valence-corrected chi connectivity index (χ1v) is 9.16. The Kier molecular flexibility index (Phi) is 6.51. The number of rotatable bonds is 6. The van der Waals surface area contributed by atoms with Crippen LogP contribution < -0.4 is 5.32 Å². The normalized spacial score (nSPS) is 10.7. The largest absolute Gasteiger partial charge is 0.336 e. The quantitative estimate of drug-likeness (QED) is 0.613. The SMILES string of the molecule is CN(CC(=O)Nc1ccc(F)c(F)c1F)C(=O)C(c1ccccc1)c1ccccc1. The van der Waals surface area contributed by atoms with Crippen LogP contribution in [0.3, 0.4) is 0 Å². The summed E-state index contributed by atoms with van der Waals surface area (Å²) in [6.07, 6.45) is 0. The van der Waals surface area contributed by atoms with Crippen molar-refractivity contribution < 1.29 is 22.8 Å². The van der Waals surface area contributed by atoms with Crippen molar-refractivity contribution in [3.8, 4) is 0 Å². The Labute approximate surface area is 171 Å². The molecule has 0 aliphatic rings. The van der Waals surface area contributed by atoms with Gasteiger partial charge in [-0.1, -0.05) is 60.7 Å². The number of amides is 2. The molecule has 1 N–H and O–H groups in total. The molecule has 0 saturated heterocycles. The van der Waals surface area contributed by atoms with Gasteiger partial charge in [0.1, 0.15) is 0 Å². The molecule has 0 unspecified atom stereocenters. The summed E-state index contributed by atoms with van der Waals surface area (Å²) in [5, 5.41) is 2.17. The van der Waals surface area contributed by atoms with Crippen molar-refractivity contribution >= 4 is 17.5 Å². The van der Waals surface area contributed by atoms with Crippen LogP contribution >= 0.6 is 0 Å². The van der Waals surface area contributed by atoms with E-state index < -0.39 is 41.5 Å². The van der Waals surface area contributed by atoms with Crippen LogP contribution in [-0.2, 0) is 9.59 Å². The van der Waals surface area contributed by atoms with Gasteiger partial charge >= 0.3 is 0 Å². The smallest absolute Gasteiger partial charge is 0.244 e. The van der Waals surface area contributed by atoms with Crippen molar-refractivity contribution in [2.24, 2.45) is 0 Å². The molecule has 0 aromatic heterocycles. The summed E-state index contributed by atoms with van der Waals surface area (Å²) in [5.41, 5.74) is 1.02. The second-order valence-corrected chi connectivity index (χ2v) is 6.72. The van der Waals surface area contributed by atoms with Gasteiger partial charge in [-0.3, -0.25) is 9.59 Å². The second kappa shape index (κ2) is 9.26. The predicted octanol–water partition coefficient (Wildman–Crippen LogP) is 4.33. The Hall–Kier alpha value is -3.61. The van der Waals surface area contributed by atoms with Crippen LogP contribution in [0.4, 0.5) is 18.9 Å². The van der Waals surface area contributed by atoms with Gasteiger partial charge in [0.2, 0.25) is 11.8 Å². The number of carbonyl (C=O) groups is 2. The molecule has 0 heterocycles. The fourth-order valence-corrected chi connectivity index (χ4v) is 3.09. The molecule has 0 saturated carbocycles. The lowest BCUT2D eigenvalue weighted by Crippen LogP contribution is -2.38. The van der Waals surface area contributed by atoms with Gasteiger partial charge in [-0.15, -0.1) is 0 Å². The number of carbonyl (C=O) groups excluding carboxylic acids is 2. The lowest BCUT2D eigenvalue weighted by Gasteiger charge is -2.24. The second-order valence-electron chi connectivity index (χ2n) is 6.72. The summed E-state index contributed by atoms with van der Waals surface area (Å²) in [7, 11) is 1.45. The minimum Gasteiger partial charge on any atom is -0.336 e. The van der Waals surface area contributed by atoms with E-state index in [2.05, 4.69) is 5.32 Å². The maximum Gasteiger partial charge on any atom is 0.244 e. The summed E-state index contributed by atoms with van der Waals surface area (Å²) < 4.78 is 40.2. The highest BCUT2D eigenvalue weighted by Crippen LogP contribution is 2.26. The van der Waals surface area contributed by atoms with Gasteiger partial charge in [-0.2, -0.15) is 0 Å². The van der Waals surface area contributed by atoms with Gasteiger partial charge in [0, 0.05) is 7.05 Å². The summed E-state index contributed by atoms with van der Waals surface area (Å²) in [6.45, 7) is -0.395. The van der Waals surface area contributed by atoms with Gasteiger partial charge in [-0.25, -0.2) is 13.2 Å². The summed E-state index contributed by atoms with van der Waals surface area (Å²) >= 11 is 0. The molecule has 154 valence electrons. The molecule has 0 bridgehead atoms. The van der Waals surface area contributed by atoms with E-state index in [-0.39, 0.29) is 5.91 Å². The number of benzene rings is 3. The van der Waals surface area contributed by atoms with E-state index in [1.165, 1.54) is 11.9 Å². The van der Waals surface area contributed by atoms with Crippen molar-refractivity contribution in [3.05, 3.63) is 101 Å². The molecule has 0 fully saturated rings.